The molecule has 5 rings (SSSR count). The Morgan fingerprint density at radius 2 is 1.56 bits per heavy atom. The number of aromatic hydroxyl groups is 1. The van der Waals surface area contributed by atoms with Gasteiger partial charge in [0.15, 0.2) is 9.84 Å². The Morgan fingerprint density at radius 3 is 2.09 bits per heavy atom. The highest BCUT2D eigenvalue weighted by molar-refractivity contribution is 7.92. The number of allylic oxidation sites excluding steroid dienone is 1. The molecule has 3 aromatic carbocycles. The van der Waals surface area contributed by atoms with E-state index in [9.17, 15) is 13.5 Å². The Bertz CT molecular complexity index is 1610. The Kier molecular flexibility index (Phi) is 9.95. The first kappa shape index (κ1) is 33.4. The van der Waals surface area contributed by atoms with Gasteiger partial charge in [0.25, 0.3) is 8.32 Å². The van der Waals surface area contributed by atoms with Crippen molar-refractivity contribution < 1.29 is 22.7 Å². The van der Waals surface area contributed by atoms with Gasteiger partial charge in [0.05, 0.1) is 25.1 Å². The van der Waals surface area contributed by atoms with Crippen LogP contribution in [0.5, 0.6) is 5.75 Å². The van der Waals surface area contributed by atoms with Gasteiger partial charge in [0, 0.05) is 0 Å². The zero-order valence-electron chi connectivity index (χ0n) is 27.6. The van der Waals surface area contributed by atoms with Gasteiger partial charge in [0.2, 0.25) is 0 Å². The SMILES string of the molecule is CCC/C(=C\c1cc(C)c(O)c(C)c1)CC[C@H]1OC[C@H]2C1=C(CO[Si](c1ccccc1)(c1ccccc1)C(C)(C)C)CS2(=O)=O. The lowest BCUT2D eigenvalue weighted by Gasteiger charge is -2.43. The molecule has 0 radical (unpaired) electrons. The summed E-state index contributed by atoms with van der Waals surface area (Å²) in [5, 5.41) is 11.8. The maximum atomic E-state index is 13.4. The number of hydrogen-bond acceptors (Lipinski definition) is 5. The van der Waals surface area contributed by atoms with Crippen LogP contribution in [0.2, 0.25) is 5.04 Å². The average Bonchev–Trinajstić information content (AvgIpc) is 3.54. The van der Waals surface area contributed by atoms with Crippen LogP contribution in [0.1, 0.15) is 70.1 Å². The molecule has 240 valence electrons. The van der Waals surface area contributed by atoms with Crippen LogP contribution in [-0.2, 0) is 19.0 Å². The third-order valence-electron chi connectivity index (χ3n) is 9.42. The van der Waals surface area contributed by atoms with E-state index < -0.39 is 23.4 Å². The zero-order chi connectivity index (χ0) is 32.4. The summed E-state index contributed by atoms with van der Waals surface area (Å²) in [7, 11) is -6.18. The van der Waals surface area contributed by atoms with E-state index in [2.05, 4.69) is 82.3 Å². The smallest absolute Gasteiger partial charge is 0.261 e. The molecule has 1 saturated heterocycles. The van der Waals surface area contributed by atoms with Crippen molar-refractivity contribution in [2.24, 2.45) is 0 Å². The Labute approximate surface area is 271 Å². The summed E-state index contributed by atoms with van der Waals surface area (Å²) in [4.78, 5) is 0. The third-order valence-corrected chi connectivity index (χ3v) is 16.4. The quantitative estimate of drug-likeness (QED) is 0.179. The van der Waals surface area contributed by atoms with E-state index in [1.54, 1.807) is 0 Å². The van der Waals surface area contributed by atoms with Crippen molar-refractivity contribution in [3.05, 3.63) is 106 Å². The van der Waals surface area contributed by atoms with Crippen molar-refractivity contribution >= 4 is 34.6 Å². The summed E-state index contributed by atoms with van der Waals surface area (Å²) < 4.78 is 40.3. The largest absolute Gasteiger partial charge is 0.507 e. The zero-order valence-corrected chi connectivity index (χ0v) is 29.4. The topological polar surface area (TPSA) is 72.8 Å². The van der Waals surface area contributed by atoms with E-state index in [0.717, 1.165) is 53.5 Å². The number of ether oxygens (including phenoxy) is 1. The number of phenolic OH excluding ortho intramolecular Hbond substituents is 1. The predicted molar refractivity (Wildman–Crippen MR) is 188 cm³/mol. The van der Waals surface area contributed by atoms with E-state index in [-0.39, 0.29) is 30.1 Å². The maximum Gasteiger partial charge on any atom is 0.261 e. The van der Waals surface area contributed by atoms with Crippen LogP contribution in [0.25, 0.3) is 6.08 Å². The van der Waals surface area contributed by atoms with Crippen LogP contribution < -0.4 is 10.4 Å². The molecular weight excluding hydrogens is 597 g/mol. The summed E-state index contributed by atoms with van der Waals surface area (Å²) in [5.41, 5.74) is 5.93. The molecule has 7 heteroatoms. The predicted octanol–water partition coefficient (Wildman–Crippen LogP) is 7.04. The monoisotopic (exact) mass is 644 g/mol. The molecule has 0 bridgehead atoms. The van der Waals surface area contributed by atoms with Crippen LogP contribution in [0.15, 0.2) is 89.5 Å². The number of hydrogen-bond donors (Lipinski definition) is 1. The molecular formula is C38H48O5SSi. The van der Waals surface area contributed by atoms with Crippen molar-refractivity contribution in [3.8, 4) is 5.75 Å². The molecule has 1 fully saturated rings. The number of benzene rings is 3. The van der Waals surface area contributed by atoms with Crippen LogP contribution >= 0.6 is 0 Å². The van der Waals surface area contributed by atoms with Gasteiger partial charge >= 0.3 is 0 Å². The number of rotatable bonds is 11. The molecule has 2 aliphatic rings. The number of fused-ring (bicyclic) bond motifs is 1. The molecule has 0 spiro atoms. The Hall–Kier alpha value is -2.97. The molecule has 0 aromatic heterocycles. The number of phenols is 1. The van der Waals surface area contributed by atoms with Crippen molar-refractivity contribution in [2.45, 2.75) is 83.6 Å². The van der Waals surface area contributed by atoms with Gasteiger partial charge in [-0.25, -0.2) is 8.42 Å². The second kappa shape index (κ2) is 13.4. The molecule has 0 amide bonds. The molecule has 5 nitrogen and oxygen atoms in total. The molecule has 0 aliphatic carbocycles. The fraction of sp³-hybridized carbons (Fsp3) is 0.421. The molecule has 2 atom stereocenters. The highest BCUT2D eigenvalue weighted by atomic mass is 32.2. The third kappa shape index (κ3) is 6.78. The lowest BCUT2D eigenvalue weighted by atomic mass is 9.94. The highest BCUT2D eigenvalue weighted by Gasteiger charge is 2.52. The summed E-state index contributed by atoms with van der Waals surface area (Å²) in [6.07, 6.45) is 5.50. The van der Waals surface area contributed by atoms with E-state index in [1.807, 2.05) is 38.1 Å². The minimum absolute atomic E-state index is 0.0365. The molecule has 0 unspecified atom stereocenters. The second-order valence-corrected chi connectivity index (χ2v) is 20.2. The van der Waals surface area contributed by atoms with Crippen molar-refractivity contribution in [1.29, 1.82) is 0 Å². The van der Waals surface area contributed by atoms with Gasteiger partial charge in [0.1, 0.15) is 11.0 Å². The van der Waals surface area contributed by atoms with Gasteiger partial charge in [-0.3, -0.25) is 0 Å². The normalized spacial score (nSPS) is 20.1. The van der Waals surface area contributed by atoms with Crippen molar-refractivity contribution in [3.63, 3.8) is 0 Å². The van der Waals surface area contributed by atoms with Crippen LogP contribution in [-0.4, -0.2) is 52.2 Å². The van der Waals surface area contributed by atoms with E-state index in [0.29, 0.717) is 5.75 Å². The number of sulfone groups is 1. The van der Waals surface area contributed by atoms with Gasteiger partial charge in [-0.2, -0.15) is 0 Å². The minimum Gasteiger partial charge on any atom is -0.507 e. The summed E-state index contributed by atoms with van der Waals surface area (Å²) >= 11 is 0. The molecule has 3 aromatic rings. The van der Waals surface area contributed by atoms with Gasteiger partial charge in [-0.1, -0.05) is 106 Å². The van der Waals surface area contributed by atoms with Crippen molar-refractivity contribution in [1.82, 2.24) is 0 Å². The minimum atomic E-state index is -3.35. The standard InChI is InChI=1S/C38H48O5SSi/c1-7-14-29(23-30-21-27(2)37(39)28(3)22-30)19-20-34-36-31(26-44(40,41)35(36)25-42-34)24-43-45(38(4,5)6,32-15-10-8-11-16-32)33-17-12-9-13-18-33/h8-13,15-18,21-23,34-35,39H,7,14,19-20,24-26H2,1-6H3/b29-23+/t34-,35+/m1/s1. The summed E-state index contributed by atoms with van der Waals surface area (Å²) in [5.74, 6) is 0.381. The van der Waals surface area contributed by atoms with Gasteiger partial charge in [-0.15, -0.1) is 0 Å². The molecule has 2 aliphatic heterocycles. The van der Waals surface area contributed by atoms with Gasteiger partial charge in [-0.05, 0) is 88.5 Å². The fourth-order valence-electron chi connectivity index (χ4n) is 7.31. The molecule has 0 saturated carbocycles. The van der Waals surface area contributed by atoms with E-state index >= 15 is 0 Å². The van der Waals surface area contributed by atoms with Crippen LogP contribution in [0.3, 0.4) is 0 Å². The Morgan fingerprint density at radius 1 is 0.978 bits per heavy atom. The lowest BCUT2D eigenvalue weighted by molar-refractivity contribution is 0.117. The Balaban J connectivity index is 1.46. The lowest BCUT2D eigenvalue weighted by Crippen LogP contribution is -2.66. The molecule has 45 heavy (non-hydrogen) atoms. The highest BCUT2D eigenvalue weighted by Crippen LogP contribution is 2.41. The van der Waals surface area contributed by atoms with E-state index in [4.69, 9.17) is 9.16 Å². The second-order valence-electron chi connectivity index (χ2n) is 13.7. The van der Waals surface area contributed by atoms with Crippen LogP contribution in [0, 0.1) is 13.8 Å². The first-order chi connectivity index (χ1) is 21.4. The van der Waals surface area contributed by atoms with Crippen molar-refractivity contribution in [2.75, 3.05) is 19.0 Å². The fourth-order valence-corrected chi connectivity index (χ4v) is 13.8. The summed E-state index contributed by atoms with van der Waals surface area (Å²) in [6, 6.07) is 25.0. The van der Waals surface area contributed by atoms with Crippen LogP contribution in [0.4, 0.5) is 0 Å². The first-order valence-electron chi connectivity index (χ1n) is 16.2. The number of aryl methyl sites for hydroxylation is 2. The van der Waals surface area contributed by atoms with Gasteiger partial charge < -0.3 is 14.3 Å². The molecule has 1 N–H and O–H groups in total. The molecule has 2 heterocycles. The maximum absolute atomic E-state index is 13.4. The van der Waals surface area contributed by atoms with E-state index in [1.165, 1.54) is 15.9 Å². The summed E-state index contributed by atoms with van der Waals surface area (Å²) in [6.45, 7) is 13.2. The first-order valence-corrected chi connectivity index (χ1v) is 19.8. The average molecular weight is 645 g/mol.